The van der Waals surface area contributed by atoms with Crippen molar-refractivity contribution in [2.45, 2.75) is 13.0 Å². The first-order valence-corrected chi connectivity index (χ1v) is 7.60. The van der Waals surface area contributed by atoms with E-state index in [2.05, 4.69) is 10.3 Å². The number of nitrogens with zero attached hydrogens (tertiary/aromatic N) is 1. The molecule has 3 N–H and O–H groups in total. The number of rotatable bonds is 6. The third-order valence-electron chi connectivity index (χ3n) is 3.74. The van der Waals surface area contributed by atoms with Gasteiger partial charge in [0, 0.05) is 12.5 Å². The quantitative estimate of drug-likeness (QED) is 0.727. The fourth-order valence-corrected chi connectivity index (χ4v) is 2.63. The van der Waals surface area contributed by atoms with E-state index >= 15 is 0 Å². The molecule has 1 unspecified atom stereocenters. The number of furan rings is 1. The normalized spacial score (nSPS) is 12.2. The Morgan fingerprint density at radius 2 is 2.12 bits per heavy atom. The highest BCUT2D eigenvalue weighted by molar-refractivity contribution is 6.06. The second-order valence-corrected chi connectivity index (χ2v) is 5.54. The van der Waals surface area contributed by atoms with E-state index in [1.165, 1.54) is 0 Å². The number of fused-ring (bicyclic) bond motifs is 1. The van der Waals surface area contributed by atoms with Gasteiger partial charge in [0.1, 0.15) is 23.4 Å². The van der Waals surface area contributed by atoms with Crippen molar-refractivity contribution in [3.8, 4) is 0 Å². The molecule has 124 valence electrons. The largest absolute Gasteiger partial charge is 0.464 e. The third-order valence-corrected chi connectivity index (χ3v) is 3.74. The van der Waals surface area contributed by atoms with E-state index in [9.17, 15) is 4.79 Å². The minimum Gasteiger partial charge on any atom is -0.464 e. The number of para-hydroxylation sites is 1. The molecule has 1 amide bonds. The number of hydrogen-bond donors (Lipinski definition) is 2. The number of aromatic nitrogens is 1. The molecule has 6 nitrogen and oxygen atoms in total. The molecule has 2 aromatic heterocycles. The maximum atomic E-state index is 11.8. The highest BCUT2D eigenvalue weighted by Gasteiger charge is 2.17. The second kappa shape index (κ2) is 6.72. The van der Waals surface area contributed by atoms with Gasteiger partial charge in [-0.3, -0.25) is 4.79 Å². The van der Waals surface area contributed by atoms with Crippen LogP contribution in [0.4, 0.5) is 5.82 Å². The van der Waals surface area contributed by atoms with E-state index in [4.69, 9.17) is 14.9 Å². The van der Waals surface area contributed by atoms with Crippen LogP contribution in [0.1, 0.15) is 27.9 Å². The number of benzene rings is 1. The summed E-state index contributed by atoms with van der Waals surface area (Å²) in [5.41, 5.74) is 6.64. The summed E-state index contributed by atoms with van der Waals surface area (Å²) in [6.07, 6.45) is 0. The number of ether oxygens (including phenoxy) is 1. The molecule has 1 aromatic carbocycles. The average Bonchev–Trinajstić information content (AvgIpc) is 3.00. The Kier molecular flexibility index (Phi) is 4.48. The van der Waals surface area contributed by atoms with Crippen molar-refractivity contribution in [1.82, 2.24) is 4.98 Å². The number of methoxy groups -OCH3 is 1. The molecule has 0 bridgehead atoms. The van der Waals surface area contributed by atoms with Crippen LogP contribution in [0.15, 0.2) is 46.9 Å². The van der Waals surface area contributed by atoms with Crippen LogP contribution in [-0.2, 0) is 4.74 Å². The Labute approximate surface area is 139 Å². The predicted molar refractivity (Wildman–Crippen MR) is 91.9 cm³/mol. The number of primary amides is 1. The van der Waals surface area contributed by atoms with Gasteiger partial charge < -0.3 is 20.2 Å². The minimum atomic E-state index is -0.492. The van der Waals surface area contributed by atoms with Crippen molar-refractivity contribution in [2.24, 2.45) is 5.73 Å². The zero-order valence-corrected chi connectivity index (χ0v) is 13.6. The van der Waals surface area contributed by atoms with Crippen LogP contribution >= 0.6 is 0 Å². The maximum Gasteiger partial charge on any atom is 0.249 e. The van der Waals surface area contributed by atoms with Crippen molar-refractivity contribution in [3.63, 3.8) is 0 Å². The van der Waals surface area contributed by atoms with Crippen molar-refractivity contribution in [3.05, 3.63) is 59.5 Å². The molecule has 0 aliphatic rings. The first-order chi connectivity index (χ1) is 11.6. The van der Waals surface area contributed by atoms with Crippen LogP contribution in [0.3, 0.4) is 0 Å². The Bertz CT molecular complexity index is 873. The predicted octanol–water partition coefficient (Wildman–Crippen LogP) is 3.03. The topological polar surface area (TPSA) is 90.4 Å². The average molecular weight is 325 g/mol. The van der Waals surface area contributed by atoms with Gasteiger partial charge in [0.25, 0.3) is 0 Å². The van der Waals surface area contributed by atoms with Crippen LogP contribution in [0.25, 0.3) is 10.9 Å². The van der Waals surface area contributed by atoms with Crippen molar-refractivity contribution in [2.75, 3.05) is 19.0 Å². The zero-order valence-electron chi connectivity index (χ0n) is 13.6. The van der Waals surface area contributed by atoms with E-state index in [0.717, 1.165) is 16.9 Å². The molecule has 3 aromatic rings. The number of aryl methyl sites for hydroxylation is 1. The monoisotopic (exact) mass is 325 g/mol. The Hall–Kier alpha value is -2.86. The summed E-state index contributed by atoms with van der Waals surface area (Å²) < 4.78 is 10.9. The number of carbonyl (C=O) groups excluding carboxylic acids is 1. The van der Waals surface area contributed by atoms with Crippen LogP contribution in [0.5, 0.6) is 0 Å². The van der Waals surface area contributed by atoms with E-state index in [1.807, 2.05) is 43.3 Å². The molecular formula is C18H19N3O3. The molecule has 3 rings (SSSR count). The molecule has 1 atom stereocenters. The molecule has 0 saturated heterocycles. The van der Waals surface area contributed by atoms with Gasteiger partial charge in [-0.15, -0.1) is 0 Å². The molecule has 6 heteroatoms. The van der Waals surface area contributed by atoms with Gasteiger partial charge in [-0.1, -0.05) is 18.2 Å². The molecule has 0 radical (unpaired) electrons. The van der Waals surface area contributed by atoms with Gasteiger partial charge in [-0.05, 0) is 31.2 Å². The summed E-state index contributed by atoms with van der Waals surface area (Å²) in [5, 5.41) is 3.99. The highest BCUT2D eigenvalue weighted by Crippen LogP contribution is 2.25. The summed E-state index contributed by atoms with van der Waals surface area (Å²) in [4.78, 5) is 16.3. The van der Waals surface area contributed by atoms with Crippen molar-refractivity contribution >= 4 is 22.6 Å². The molecule has 0 aliphatic carbocycles. The number of pyridine rings is 1. The fourth-order valence-electron chi connectivity index (χ4n) is 2.63. The van der Waals surface area contributed by atoms with E-state index in [-0.39, 0.29) is 6.04 Å². The smallest absolute Gasteiger partial charge is 0.249 e. The second-order valence-electron chi connectivity index (χ2n) is 5.54. The van der Waals surface area contributed by atoms with Crippen molar-refractivity contribution < 1.29 is 13.9 Å². The van der Waals surface area contributed by atoms with Gasteiger partial charge in [-0.25, -0.2) is 4.98 Å². The van der Waals surface area contributed by atoms with Crippen LogP contribution < -0.4 is 11.1 Å². The number of nitrogens with two attached hydrogens (primary N) is 1. The van der Waals surface area contributed by atoms with Gasteiger partial charge in [0.2, 0.25) is 5.91 Å². The Morgan fingerprint density at radius 3 is 2.79 bits per heavy atom. The summed E-state index contributed by atoms with van der Waals surface area (Å²) in [5.74, 6) is 1.61. The minimum absolute atomic E-state index is 0.224. The molecule has 0 fully saturated rings. The van der Waals surface area contributed by atoms with Crippen molar-refractivity contribution in [1.29, 1.82) is 0 Å². The maximum absolute atomic E-state index is 11.8. The lowest BCUT2D eigenvalue weighted by Gasteiger charge is -2.17. The van der Waals surface area contributed by atoms with Gasteiger partial charge in [0.05, 0.1) is 17.7 Å². The fraction of sp³-hybridized carbons (Fsp3) is 0.222. The SMILES string of the molecule is COCC(Nc1cc(C(N)=O)c2ccccc2n1)c1ccc(C)o1. The van der Waals surface area contributed by atoms with Gasteiger partial charge in [0.15, 0.2) is 0 Å². The standard InChI is InChI=1S/C18H19N3O3/c1-11-7-8-16(24-11)15(10-23-2)21-17-9-13(18(19)22)12-5-3-4-6-14(12)20-17/h3-9,15H,10H2,1-2H3,(H2,19,22)(H,20,21). The van der Waals surface area contributed by atoms with E-state index in [1.54, 1.807) is 13.2 Å². The molecule has 0 spiro atoms. The van der Waals surface area contributed by atoms with Gasteiger partial charge in [-0.2, -0.15) is 0 Å². The van der Waals surface area contributed by atoms with E-state index < -0.39 is 5.91 Å². The van der Waals surface area contributed by atoms with E-state index in [0.29, 0.717) is 23.5 Å². The number of amides is 1. The Morgan fingerprint density at radius 1 is 1.33 bits per heavy atom. The molecule has 2 heterocycles. The van der Waals surface area contributed by atoms with Gasteiger partial charge >= 0.3 is 0 Å². The first-order valence-electron chi connectivity index (χ1n) is 7.60. The highest BCUT2D eigenvalue weighted by atomic mass is 16.5. The zero-order chi connectivity index (χ0) is 17.1. The number of hydrogen-bond acceptors (Lipinski definition) is 5. The number of anilines is 1. The molecule has 0 saturated carbocycles. The summed E-state index contributed by atoms with van der Waals surface area (Å²) in [6.45, 7) is 2.28. The third kappa shape index (κ3) is 3.23. The molecule has 0 aliphatic heterocycles. The first kappa shape index (κ1) is 16.0. The lowest BCUT2D eigenvalue weighted by molar-refractivity contribution is 0.100. The molecule has 24 heavy (non-hydrogen) atoms. The number of nitrogens with one attached hydrogen (secondary N) is 1. The van der Waals surface area contributed by atoms with Crippen LogP contribution in [0, 0.1) is 6.92 Å². The Balaban J connectivity index is 2.00. The summed E-state index contributed by atoms with van der Waals surface area (Å²) >= 11 is 0. The molecular weight excluding hydrogens is 306 g/mol. The number of carbonyl (C=O) groups is 1. The van der Waals surface area contributed by atoms with Crippen LogP contribution in [-0.4, -0.2) is 24.6 Å². The lowest BCUT2D eigenvalue weighted by atomic mass is 10.1. The van der Waals surface area contributed by atoms with Crippen LogP contribution in [0.2, 0.25) is 0 Å². The lowest BCUT2D eigenvalue weighted by Crippen LogP contribution is -2.18. The summed E-state index contributed by atoms with van der Waals surface area (Å²) in [6, 6.07) is 12.6. The summed E-state index contributed by atoms with van der Waals surface area (Å²) in [7, 11) is 1.62.